The molecule has 7 heteroatoms. The lowest BCUT2D eigenvalue weighted by atomic mass is 9.68. The van der Waals surface area contributed by atoms with Crippen LogP contribution in [0, 0.1) is 0 Å². The number of pyridine rings is 1. The van der Waals surface area contributed by atoms with Crippen LogP contribution < -0.4 is 0 Å². The molecule has 0 saturated carbocycles. The van der Waals surface area contributed by atoms with Crippen LogP contribution in [-0.4, -0.2) is 28.7 Å². The average molecular weight is 617 g/mol. The quantitative estimate of drug-likeness (QED) is 0.184. The van der Waals surface area contributed by atoms with Gasteiger partial charge in [0.1, 0.15) is 11.2 Å². The van der Waals surface area contributed by atoms with Crippen molar-refractivity contribution in [2.75, 3.05) is 0 Å². The zero-order valence-electron chi connectivity index (χ0n) is 25.6. The molecule has 3 aliphatic rings. The average Bonchev–Trinajstić information content (AvgIpc) is 3.95. The van der Waals surface area contributed by atoms with Crippen LogP contribution in [0.5, 0.6) is 0 Å². The highest BCUT2D eigenvalue weighted by Gasteiger charge is 2.54. The number of para-hydroxylation sites is 1. The molecule has 9 aromatic rings. The van der Waals surface area contributed by atoms with Gasteiger partial charge in [0, 0.05) is 35.4 Å². The van der Waals surface area contributed by atoms with E-state index in [-0.39, 0.29) is 5.41 Å². The Morgan fingerprint density at radius 3 is 2.23 bits per heavy atom. The maximum absolute atomic E-state index is 6.25. The van der Waals surface area contributed by atoms with Gasteiger partial charge in [0.25, 0.3) is 0 Å². The van der Waals surface area contributed by atoms with E-state index in [1.54, 1.807) is 12.4 Å². The summed E-state index contributed by atoms with van der Waals surface area (Å²) >= 11 is 0. The van der Waals surface area contributed by atoms with Crippen molar-refractivity contribution in [3.05, 3.63) is 150 Å². The van der Waals surface area contributed by atoms with Gasteiger partial charge in [0.15, 0.2) is 16.9 Å². The first-order chi connectivity index (χ1) is 23.8. The van der Waals surface area contributed by atoms with Crippen LogP contribution in [0.25, 0.3) is 72.5 Å². The molecule has 6 heterocycles. The summed E-state index contributed by atoms with van der Waals surface area (Å²) in [5, 5.41) is 2.05. The van der Waals surface area contributed by atoms with Crippen LogP contribution in [-0.2, 0) is 5.41 Å². The van der Waals surface area contributed by atoms with Gasteiger partial charge in [0.2, 0.25) is 0 Å². The smallest absolute Gasteiger partial charge is 0.183 e. The van der Waals surface area contributed by atoms with E-state index in [1.807, 2.05) is 36.7 Å². The fourth-order valence-corrected chi connectivity index (χ4v) is 9.06. The van der Waals surface area contributed by atoms with Gasteiger partial charge in [-0.2, -0.15) is 0 Å². The minimum Gasteiger partial charge on any atom is -0.456 e. The fraction of sp³-hybridized carbons (Fsp3) is 0.0732. The molecule has 7 nitrogen and oxygen atoms in total. The van der Waals surface area contributed by atoms with Gasteiger partial charge >= 0.3 is 0 Å². The van der Waals surface area contributed by atoms with E-state index in [4.69, 9.17) is 24.4 Å². The number of rotatable bonds is 1. The summed E-state index contributed by atoms with van der Waals surface area (Å²) in [7, 11) is 0. The number of hydrogen-bond acceptors (Lipinski definition) is 5. The lowest BCUT2D eigenvalue weighted by Crippen LogP contribution is -2.27. The summed E-state index contributed by atoms with van der Waals surface area (Å²) in [5.74, 6) is 0. The summed E-state index contributed by atoms with van der Waals surface area (Å²) < 4.78 is 10.7. The zero-order valence-corrected chi connectivity index (χ0v) is 25.6. The Morgan fingerprint density at radius 2 is 1.40 bits per heavy atom. The maximum atomic E-state index is 6.25. The molecule has 6 aromatic heterocycles. The Hall–Kier alpha value is -6.34. The molecule has 3 aromatic carbocycles. The molecule has 1 spiro atoms. The SMILES string of the molecule is C1=CC2=C(CC1)C1(c3ccccc3-c3ccccc31)c1cc3c4ncc(-c5cc6oc7ccccc7c6cn5)n4c4nccnc4n3c12. The van der Waals surface area contributed by atoms with Gasteiger partial charge in [-0.25, -0.2) is 15.0 Å². The molecular weight excluding hydrogens is 592 g/mol. The Balaban J connectivity index is 1.21. The van der Waals surface area contributed by atoms with E-state index >= 15 is 0 Å². The molecule has 0 atom stereocenters. The zero-order chi connectivity index (χ0) is 31.1. The molecule has 0 bridgehead atoms. The van der Waals surface area contributed by atoms with Gasteiger partial charge in [-0.1, -0.05) is 78.9 Å². The number of aromatic nitrogens is 6. The predicted octanol–water partition coefficient (Wildman–Crippen LogP) is 8.92. The molecule has 12 rings (SSSR count). The van der Waals surface area contributed by atoms with Crippen LogP contribution in [0.4, 0.5) is 0 Å². The standard InChI is InChI=1S/C41H24N6O/c1-5-13-28-23(9-1)24-10-2-6-14-29(24)41(28)30-15-7-3-12-26(30)37-31(41)19-33-38-45-22-34(47(38)40-39(46(33)37)42-17-18-43-40)32-20-36-27(21-44-32)25-11-4-8-16-35(25)48-36/h1-6,8-14,16-22H,7,15H2. The predicted molar refractivity (Wildman–Crippen MR) is 187 cm³/mol. The highest BCUT2D eigenvalue weighted by molar-refractivity contribution is 6.05. The second-order valence-corrected chi connectivity index (χ2v) is 13.0. The van der Waals surface area contributed by atoms with Crippen molar-refractivity contribution in [3.8, 4) is 22.5 Å². The molecule has 0 unspecified atom stereocenters. The van der Waals surface area contributed by atoms with Crippen molar-refractivity contribution in [2.45, 2.75) is 18.3 Å². The van der Waals surface area contributed by atoms with Crippen molar-refractivity contribution in [1.29, 1.82) is 0 Å². The Labute approximate surface area is 273 Å². The highest BCUT2D eigenvalue weighted by Crippen LogP contribution is 2.64. The van der Waals surface area contributed by atoms with Crippen molar-refractivity contribution in [3.63, 3.8) is 0 Å². The monoisotopic (exact) mass is 616 g/mol. The highest BCUT2D eigenvalue weighted by atomic mass is 16.3. The number of nitrogens with zero attached hydrogens (tertiary/aromatic N) is 6. The third-order valence-corrected chi connectivity index (χ3v) is 10.8. The van der Waals surface area contributed by atoms with E-state index < -0.39 is 0 Å². The maximum Gasteiger partial charge on any atom is 0.183 e. The number of imidazole rings is 1. The van der Waals surface area contributed by atoms with Gasteiger partial charge in [-0.3, -0.25) is 13.8 Å². The van der Waals surface area contributed by atoms with Crippen molar-refractivity contribution < 1.29 is 4.42 Å². The van der Waals surface area contributed by atoms with Crippen molar-refractivity contribution in [2.24, 2.45) is 0 Å². The molecule has 0 saturated heterocycles. The summed E-state index contributed by atoms with van der Waals surface area (Å²) in [6, 6.07) is 30.4. The van der Waals surface area contributed by atoms with Gasteiger partial charge in [-0.05, 0) is 63.9 Å². The Morgan fingerprint density at radius 1 is 0.646 bits per heavy atom. The minimum atomic E-state index is -0.385. The number of benzene rings is 3. The Bertz CT molecular complexity index is 2930. The van der Waals surface area contributed by atoms with Gasteiger partial charge in [-0.15, -0.1) is 0 Å². The second kappa shape index (κ2) is 8.52. The molecule has 0 fully saturated rings. The number of allylic oxidation sites excluding steroid dienone is 4. The van der Waals surface area contributed by atoms with Gasteiger partial charge < -0.3 is 4.42 Å². The molecule has 0 N–H and O–H groups in total. The molecule has 0 aliphatic heterocycles. The topological polar surface area (TPSA) is 73.5 Å². The number of hydrogen-bond donors (Lipinski definition) is 0. The van der Waals surface area contributed by atoms with Crippen LogP contribution in [0.1, 0.15) is 35.2 Å². The molecule has 0 radical (unpaired) electrons. The number of furan rings is 1. The van der Waals surface area contributed by atoms with Gasteiger partial charge in [0.05, 0.1) is 34.2 Å². The van der Waals surface area contributed by atoms with Crippen molar-refractivity contribution in [1.82, 2.24) is 28.7 Å². The first kappa shape index (κ1) is 24.8. The first-order valence-electron chi connectivity index (χ1n) is 16.4. The van der Waals surface area contributed by atoms with Crippen LogP contribution in [0.15, 0.2) is 132 Å². The molecule has 3 aliphatic carbocycles. The lowest BCUT2D eigenvalue weighted by molar-refractivity contribution is 0.668. The van der Waals surface area contributed by atoms with E-state index in [0.29, 0.717) is 0 Å². The van der Waals surface area contributed by atoms with Crippen LogP contribution >= 0.6 is 0 Å². The van der Waals surface area contributed by atoms with E-state index in [1.165, 1.54) is 44.7 Å². The first-order valence-corrected chi connectivity index (χ1v) is 16.4. The van der Waals surface area contributed by atoms with Crippen molar-refractivity contribution >= 4 is 50.0 Å². The summed E-state index contributed by atoms with van der Waals surface area (Å²) in [6.45, 7) is 0. The largest absolute Gasteiger partial charge is 0.456 e. The summed E-state index contributed by atoms with van der Waals surface area (Å²) in [6.07, 6.45) is 14.0. The van der Waals surface area contributed by atoms with E-state index in [9.17, 15) is 0 Å². The van der Waals surface area contributed by atoms with Crippen LogP contribution in [0.3, 0.4) is 0 Å². The molecular formula is C41H24N6O. The lowest BCUT2D eigenvalue weighted by Gasteiger charge is -2.32. The van der Waals surface area contributed by atoms with E-state index in [0.717, 1.165) is 68.6 Å². The third-order valence-electron chi connectivity index (χ3n) is 10.8. The second-order valence-electron chi connectivity index (χ2n) is 13.0. The number of fused-ring (bicyclic) bond motifs is 19. The summed E-state index contributed by atoms with van der Waals surface area (Å²) in [5.41, 5.74) is 16.7. The Kier molecular flexibility index (Phi) is 4.41. The normalized spacial score (nSPS) is 15.8. The van der Waals surface area contributed by atoms with E-state index in [2.05, 4.69) is 81.6 Å². The summed E-state index contributed by atoms with van der Waals surface area (Å²) in [4.78, 5) is 20.0. The molecule has 224 valence electrons. The third kappa shape index (κ3) is 2.76. The fourth-order valence-electron chi connectivity index (χ4n) is 9.06. The molecule has 48 heavy (non-hydrogen) atoms. The minimum absolute atomic E-state index is 0.385. The van der Waals surface area contributed by atoms with Crippen LogP contribution in [0.2, 0.25) is 0 Å². The molecule has 0 amide bonds.